The number of hydrogen-bond donors (Lipinski definition) is 0. The summed E-state index contributed by atoms with van der Waals surface area (Å²) in [5, 5.41) is 0. The van der Waals surface area contributed by atoms with Gasteiger partial charge < -0.3 is 14.2 Å². The van der Waals surface area contributed by atoms with E-state index in [4.69, 9.17) is 14.2 Å². The Labute approximate surface area is 370 Å². The first-order chi connectivity index (χ1) is 29.5. The van der Waals surface area contributed by atoms with Crippen LogP contribution in [0.25, 0.3) is 0 Å². The van der Waals surface area contributed by atoms with Crippen molar-refractivity contribution >= 4 is 17.9 Å². The van der Waals surface area contributed by atoms with Crippen molar-refractivity contribution < 1.29 is 28.6 Å². The molecule has 60 heavy (non-hydrogen) atoms. The second-order valence-corrected chi connectivity index (χ2v) is 16.7. The van der Waals surface area contributed by atoms with E-state index >= 15 is 0 Å². The molecule has 0 aromatic rings. The molecule has 0 aliphatic rings. The van der Waals surface area contributed by atoms with E-state index in [0.717, 1.165) is 109 Å². The minimum atomic E-state index is -0.785. The standard InChI is InChI=1S/C54H94O6/c1-4-7-10-13-16-19-22-24-26-27-29-30-32-35-38-41-44-47-53(56)59-50-51(49-58-52(55)46-43-40-37-34-21-18-15-12-9-6-3)60-54(57)48-45-42-39-36-33-31-28-25-23-20-17-14-11-8-5-2/h7,10,16,19,24-26,28-30,51H,4-6,8-9,11-15,17-18,20-23,27,31-50H2,1-3H3/b10-7-,19-16-,26-24-,28-25-,30-29-. The van der Waals surface area contributed by atoms with Crippen molar-refractivity contribution in [3.63, 3.8) is 0 Å². The molecule has 1 atom stereocenters. The Morgan fingerprint density at radius 2 is 0.650 bits per heavy atom. The van der Waals surface area contributed by atoms with Crippen LogP contribution in [0, 0.1) is 0 Å². The van der Waals surface area contributed by atoms with E-state index in [-0.39, 0.29) is 31.1 Å². The summed E-state index contributed by atoms with van der Waals surface area (Å²) in [5.41, 5.74) is 0. The summed E-state index contributed by atoms with van der Waals surface area (Å²) < 4.78 is 16.7. The van der Waals surface area contributed by atoms with Gasteiger partial charge in [0, 0.05) is 19.3 Å². The molecule has 0 heterocycles. The average Bonchev–Trinajstić information content (AvgIpc) is 3.24. The highest BCUT2D eigenvalue weighted by Gasteiger charge is 2.19. The van der Waals surface area contributed by atoms with E-state index in [0.29, 0.717) is 19.3 Å². The summed E-state index contributed by atoms with van der Waals surface area (Å²) in [6.45, 7) is 6.48. The molecule has 0 radical (unpaired) electrons. The van der Waals surface area contributed by atoms with Gasteiger partial charge in [-0.05, 0) is 83.5 Å². The summed E-state index contributed by atoms with van der Waals surface area (Å²) in [7, 11) is 0. The minimum absolute atomic E-state index is 0.0840. The Morgan fingerprint density at radius 3 is 1.03 bits per heavy atom. The first kappa shape index (κ1) is 57.1. The lowest BCUT2D eigenvalue weighted by Crippen LogP contribution is -2.30. The van der Waals surface area contributed by atoms with Crippen molar-refractivity contribution in [1.29, 1.82) is 0 Å². The minimum Gasteiger partial charge on any atom is -0.462 e. The van der Waals surface area contributed by atoms with Crippen molar-refractivity contribution in [1.82, 2.24) is 0 Å². The van der Waals surface area contributed by atoms with Crippen LogP contribution < -0.4 is 0 Å². The van der Waals surface area contributed by atoms with Crippen LogP contribution in [0.4, 0.5) is 0 Å². The molecule has 0 amide bonds. The predicted molar refractivity (Wildman–Crippen MR) is 256 cm³/mol. The van der Waals surface area contributed by atoms with Crippen molar-refractivity contribution in [3.8, 4) is 0 Å². The zero-order valence-corrected chi connectivity index (χ0v) is 39.5. The SMILES string of the molecule is CC/C=C\C/C=C\C/C=C\C/C=C\CCCCCCC(=O)OCC(COC(=O)CCCCCCCCCCCC)OC(=O)CCCCCCC/C=C\CCCCCCCC. The van der Waals surface area contributed by atoms with Gasteiger partial charge >= 0.3 is 17.9 Å². The van der Waals surface area contributed by atoms with Crippen molar-refractivity contribution in [2.75, 3.05) is 13.2 Å². The van der Waals surface area contributed by atoms with Gasteiger partial charge in [-0.1, -0.05) is 204 Å². The first-order valence-corrected chi connectivity index (χ1v) is 25.3. The second kappa shape index (κ2) is 48.8. The number of allylic oxidation sites excluding steroid dienone is 10. The van der Waals surface area contributed by atoms with Crippen molar-refractivity contribution in [3.05, 3.63) is 60.8 Å². The van der Waals surface area contributed by atoms with Gasteiger partial charge in [-0.3, -0.25) is 14.4 Å². The number of esters is 3. The molecule has 0 rings (SSSR count). The van der Waals surface area contributed by atoms with Gasteiger partial charge in [-0.2, -0.15) is 0 Å². The van der Waals surface area contributed by atoms with Crippen LogP contribution in [0.5, 0.6) is 0 Å². The van der Waals surface area contributed by atoms with Crippen LogP contribution in [0.2, 0.25) is 0 Å². The molecule has 0 aromatic heterocycles. The molecule has 0 aliphatic carbocycles. The molecule has 6 nitrogen and oxygen atoms in total. The molecule has 0 aromatic carbocycles. The van der Waals surface area contributed by atoms with Crippen LogP contribution in [-0.2, 0) is 28.6 Å². The predicted octanol–water partition coefficient (Wildman–Crippen LogP) is 16.5. The van der Waals surface area contributed by atoms with Crippen LogP contribution in [0.15, 0.2) is 60.8 Å². The Bertz CT molecular complexity index is 1100. The molecule has 0 N–H and O–H groups in total. The molecular weight excluding hydrogens is 745 g/mol. The van der Waals surface area contributed by atoms with E-state index in [1.54, 1.807) is 0 Å². The normalized spacial score (nSPS) is 12.5. The third-order valence-corrected chi connectivity index (χ3v) is 10.8. The molecule has 0 bridgehead atoms. The van der Waals surface area contributed by atoms with Gasteiger partial charge in [-0.25, -0.2) is 0 Å². The van der Waals surface area contributed by atoms with Crippen LogP contribution in [-0.4, -0.2) is 37.2 Å². The summed E-state index contributed by atoms with van der Waals surface area (Å²) in [4.78, 5) is 37.9. The van der Waals surface area contributed by atoms with Gasteiger partial charge in [0.25, 0.3) is 0 Å². The van der Waals surface area contributed by atoms with Crippen molar-refractivity contribution in [2.24, 2.45) is 0 Å². The third kappa shape index (κ3) is 46.2. The number of rotatable bonds is 45. The number of unbranched alkanes of at least 4 members (excludes halogenated alkanes) is 24. The lowest BCUT2D eigenvalue weighted by molar-refractivity contribution is -0.167. The van der Waals surface area contributed by atoms with Crippen LogP contribution >= 0.6 is 0 Å². The zero-order chi connectivity index (χ0) is 43.7. The quantitative estimate of drug-likeness (QED) is 0.0263. The Hall–Kier alpha value is -2.89. The van der Waals surface area contributed by atoms with E-state index < -0.39 is 6.10 Å². The van der Waals surface area contributed by atoms with Crippen molar-refractivity contribution in [2.45, 2.75) is 252 Å². The Kier molecular flexibility index (Phi) is 46.4. The zero-order valence-electron chi connectivity index (χ0n) is 39.5. The molecule has 0 fully saturated rings. The topological polar surface area (TPSA) is 78.9 Å². The fourth-order valence-electron chi connectivity index (χ4n) is 6.96. The molecule has 0 aliphatic heterocycles. The molecular formula is C54H94O6. The van der Waals surface area contributed by atoms with E-state index in [1.807, 2.05) is 0 Å². The van der Waals surface area contributed by atoms with Crippen LogP contribution in [0.3, 0.4) is 0 Å². The summed E-state index contributed by atoms with van der Waals surface area (Å²) in [6.07, 6.45) is 59.1. The third-order valence-electron chi connectivity index (χ3n) is 10.8. The Balaban J connectivity index is 4.40. The Morgan fingerprint density at radius 1 is 0.350 bits per heavy atom. The fourth-order valence-corrected chi connectivity index (χ4v) is 6.96. The second-order valence-electron chi connectivity index (χ2n) is 16.7. The fraction of sp³-hybridized carbons (Fsp3) is 0.759. The molecule has 1 unspecified atom stereocenters. The van der Waals surface area contributed by atoms with Gasteiger partial charge in [0.1, 0.15) is 13.2 Å². The maximum absolute atomic E-state index is 12.8. The lowest BCUT2D eigenvalue weighted by atomic mass is 10.1. The number of carbonyl (C=O) groups excluding carboxylic acids is 3. The van der Waals surface area contributed by atoms with Gasteiger partial charge in [0.2, 0.25) is 0 Å². The average molecular weight is 839 g/mol. The van der Waals surface area contributed by atoms with Crippen LogP contribution in [0.1, 0.15) is 245 Å². The highest BCUT2D eigenvalue weighted by molar-refractivity contribution is 5.71. The number of carbonyl (C=O) groups is 3. The largest absolute Gasteiger partial charge is 0.462 e. The van der Waals surface area contributed by atoms with E-state index in [2.05, 4.69) is 81.5 Å². The number of hydrogen-bond acceptors (Lipinski definition) is 6. The highest BCUT2D eigenvalue weighted by Crippen LogP contribution is 2.14. The molecule has 346 valence electrons. The van der Waals surface area contributed by atoms with Gasteiger partial charge in [-0.15, -0.1) is 0 Å². The lowest BCUT2D eigenvalue weighted by Gasteiger charge is -2.18. The molecule has 6 heteroatoms. The summed E-state index contributed by atoms with van der Waals surface area (Å²) >= 11 is 0. The highest BCUT2D eigenvalue weighted by atomic mass is 16.6. The van der Waals surface area contributed by atoms with Gasteiger partial charge in [0.15, 0.2) is 6.10 Å². The summed E-state index contributed by atoms with van der Waals surface area (Å²) in [5.74, 6) is -0.916. The monoisotopic (exact) mass is 839 g/mol. The van der Waals surface area contributed by atoms with E-state index in [1.165, 1.54) is 96.3 Å². The first-order valence-electron chi connectivity index (χ1n) is 25.3. The maximum atomic E-state index is 12.8. The van der Waals surface area contributed by atoms with E-state index in [9.17, 15) is 14.4 Å². The molecule has 0 saturated carbocycles. The maximum Gasteiger partial charge on any atom is 0.306 e. The smallest absolute Gasteiger partial charge is 0.306 e. The van der Waals surface area contributed by atoms with Gasteiger partial charge in [0.05, 0.1) is 0 Å². The molecule has 0 spiro atoms. The number of ether oxygens (including phenoxy) is 3. The molecule has 0 saturated heterocycles. The summed E-state index contributed by atoms with van der Waals surface area (Å²) in [6, 6.07) is 0.